The highest BCUT2D eigenvalue weighted by molar-refractivity contribution is 7.86. The molecule has 0 fully saturated rings. The summed E-state index contributed by atoms with van der Waals surface area (Å²) in [7, 11) is -4.32. The lowest BCUT2D eigenvalue weighted by Crippen LogP contribution is -2.25. The molecule has 3 aromatic rings. The smallest absolute Gasteiger partial charge is 0.370 e. The zero-order valence-electron chi connectivity index (χ0n) is 14.4. The Kier molecular flexibility index (Phi) is 5.48. The van der Waals surface area contributed by atoms with Crippen molar-refractivity contribution in [1.29, 1.82) is 0 Å². The van der Waals surface area contributed by atoms with Crippen LogP contribution in [0.5, 0.6) is 0 Å². The Morgan fingerprint density at radius 3 is 2.46 bits per heavy atom. The van der Waals surface area contributed by atoms with Gasteiger partial charge in [0.25, 0.3) is 0 Å². The summed E-state index contributed by atoms with van der Waals surface area (Å²) in [4.78, 5) is 19.1. The molecule has 0 unspecified atom stereocenters. The lowest BCUT2D eigenvalue weighted by atomic mass is 10.0. The second-order valence-corrected chi connectivity index (χ2v) is 7.79. The predicted octanol–water partition coefficient (Wildman–Crippen LogP) is 2.80. The topological polar surface area (TPSA) is 138 Å². The normalized spacial score (nSPS) is 11.2. The summed E-state index contributed by atoms with van der Waals surface area (Å²) in [5.74, 6) is -1.21. The molecule has 0 radical (unpaired) electrons. The molecule has 0 aliphatic carbocycles. The van der Waals surface area contributed by atoms with E-state index in [2.05, 4.69) is 14.2 Å². The van der Waals surface area contributed by atoms with E-state index in [0.29, 0.717) is 27.4 Å². The minimum atomic E-state index is -4.32. The van der Waals surface area contributed by atoms with E-state index in [9.17, 15) is 13.2 Å². The monoisotopic (exact) mass is 418 g/mol. The van der Waals surface area contributed by atoms with Crippen LogP contribution in [-0.4, -0.2) is 25.5 Å². The van der Waals surface area contributed by atoms with Crippen molar-refractivity contribution in [2.24, 2.45) is 16.5 Å². The van der Waals surface area contributed by atoms with Gasteiger partial charge in [0.05, 0.1) is 11.2 Å². The largest absolute Gasteiger partial charge is 0.452 e. The highest BCUT2D eigenvalue weighted by Gasteiger charge is 2.21. The maximum Gasteiger partial charge on any atom is 0.452 e. The Morgan fingerprint density at radius 1 is 1.11 bits per heavy atom. The summed E-state index contributed by atoms with van der Waals surface area (Å²) in [6, 6.07) is 15.7. The van der Waals surface area contributed by atoms with E-state index in [0.717, 1.165) is 5.39 Å². The molecule has 3 rings (SSSR count). The molecule has 1 aromatic heterocycles. The van der Waals surface area contributed by atoms with E-state index >= 15 is 0 Å². The maximum atomic E-state index is 12.3. The second-order valence-electron chi connectivity index (χ2n) is 5.78. The summed E-state index contributed by atoms with van der Waals surface area (Å²) in [6.45, 7) is 0. The fraction of sp³-hybridized carbons (Fsp3) is 0.0556. The van der Waals surface area contributed by atoms with Crippen LogP contribution in [0.3, 0.4) is 0 Å². The molecule has 0 saturated heterocycles. The number of carbonyl (C=O) groups excluding carboxylic acids is 1. The first-order valence-corrected chi connectivity index (χ1v) is 9.89. The van der Waals surface area contributed by atoms with Crippen molar-refractivity contribution in [3.8, 4) is 11.3 Å². The lowest BCUT2D eigenvalue weighted by molar-refractivity contribution is 0.213. The molecule has 1 heterocycles. The van der Waals surface area contributed by atoms with Gasteiger partial charge in [-0.1, -0.05) is 41.9 Å². The van der Waals surface area contributed by atoms with Crippen LogP contribution in [-0.2, 0) is 20.1 Å². The van der Waals surface area contributed by atoms with E-state index in [1.807, 2.05) is 18.2 Å². The van der Waals surface area contributed by atoms with E-state index in [4.69, 9.17) is 23.1 Å². The first kappa shape index (κ1) is 19.6. The van der Waals surface area contributed by atoms with Gasteiger partial charge in [-0.2, -0.15) is 8.42 Å². The van der Waals surface area contributed by atoms with E-state index < -0.39 is 27.9 Å². The number of para-hydroxylation sites is 1. The maximum absolute atomic E-state index is 12.3. The number of rotatable bonds is 4. The average Bonchev–Trinajstić information content (AvgIpc) is 2.60. The van der Waals surface area contributed by atoms with Gasteiger partial charge in [-0.05, 0) is 29.8 Å². The van der Waals surface area contributed by atoms with E-state index in [1.54, 1.807) is 36.4 Å². The molecule has 10 heteroatoms. The van der Waals surface area contributed by atoms with Gasteiger partial charge in [0.1, 0.15) is 5.75 Å². The van der Waals surface area contributed by atoms with Crippen LogP contribution in [0, 0.1) is 0 Å². The van der Waals surface area contributed by atoms with Crippen LogP contribution in [0.25, 0.3) is 22.2 Å². The van der Waals surface area contributed by atoms with Crippen LogP contribution in [0.2, 0.25) is 5.02 Å². The van der Waals surface area contributed by atoms with Gasteiger partial charge in [0.15, 0.2) is 5.96 Å². The Balaban J connectivity index is 2.05. The Bertz CT molecular complexity index is 1170. The van der Waals surface area contributed by atoms with Crippen LogP contribution >= 0.6 is 11.6 Å². The molecule has 4 N–H and O–H groups in total. The average molecular weight is 419 g/mol. The van der Waals surface area contributed by atoms with Gasteiger partial charge in [0, 0.05) is 16.0 Å². The molecular formula is C18H15ClN4O4S. The molecule has 0 bridgehead atoms. The van der Waals surface area contributed by atoms with E-state index in [1.165, 1.54) is 0 Å². The molecule has 144 valence electrons. The van der Waals surface area contributed by atoms with Crippen molar-refractivity contribution >= 4 is 44.7 Å². The third-order valence-corrected chi connectivity index (χ3v) is 4.98. The van der Waals surface area contributed by atoms with Crippen LogP contribution in [0.1, 0.15) is 5.56 Å². The summed E-state index contributed by atoms with van der Waals surface area (Å²) in [5.41, 5.74) is 12.2. The Labute approximate surface area is 165 Å². The van der Waals surface area contributed by atoms with Gasteiger partial charge >= 0.3 is 16.2 Å². The summed E-state index contributed by atoms with van der Waals surface area (Å²) < 4.78 is 29.1. The second kappa shape index (κ2) is 7.83. The zero-order chi connectivity index (χ0) is 20.3. The quantitative estimate of drug-likeness (QED) is 0.377. The fourth-order valence-electron chi connectivity index (χ4n) is 2.58. The predicted molar refractivity (Wildman–Crippen MR) is 107 cm³/mol. The standard InChI is InChI=1S/C18H15ClN4O4S/c19-14-7-5-11(6-8-14)16-13(9-12-3-1-2-4-15(12)22-16)10-28(25,26)27-18(24)23-17(20)21/h1-9H,10H2,(H4,20,21,23,24). The first-order chi connectivity index (χ1) is 13.2. The molecule has 1 amide bonds. The molecule has 0 saturated carbocycles. The third kappa shape index (κ3) is 4.76. The number of aliphatic imine (C=N–C) groups is 1. The number of halogens is 1. The number of nitrogens with two attached hydrogens (primary N) is 2. The van der Waals surface area contributed by atoms with Crippen molar-refractivity contribution in [3.63, 3.8) is 0 Å². The van der Waals surface area contributed by atoms with Gasteiger partial charge < -0.3 is 15.7 Å². The summed E-state index contributed by atoms with van der Waals surface area (Å²) >= 11 is 5.93. The molecule has 0 spiro atoms. The number of carbonyl (C=O) groups is 1. The molecule has 0 aliphatic rings. The van der Waals surface area contributed by atoms with Gasteiger partial charge in [-0.3, -0.25) is 0 Å². The molecular weight excluding hydrogens is 404 g/mol. The number of nitrogens with zero attached hydrogens (tertiary/aromatic N) is 2. The van der Waals surface area contributed by atoms with Crippen molar-refractivity contribution in [2.45, 2.75) is 5.75 Å². The molecule has 0 atom stereocenters. The number of fused-ring (bicyclic) bond motifs is 1. The van der Waals surface area contributed by atoms with Crippen molar-refractivity contribution in [1.82, 2.24) is 4.98 Å². The summed E-state index contributed by atoms with van der Waals surface area (Å²) in [6.07, 6.45) is -1.42. The fourth-order valence-corrected chi connectivity index (χ4v) is 3.62. The molecule has 28 heavy (non-hydrogen) atoms. The number of amides is 1. The number of hydrogen-bond acceptors (Lipinski definition) is 5. The number of hydrogen-bond donors (Lipinski definition) is 2. The Morgan fingerprint density at radius 2 is 1.79 bits per heavy atom. The highest BCUT2D eigenvalue weighted by atomic mass is 35.5. The lowest BCUT2D eigenvalue weighted by Gasteiger charge is -2.11. The minimum Gasteiger partial charge on any atom is -0.370 e. The van der Waals surface area contributed by atoms with Crippen LogP contribution in [0.15, 0.2) is 59.6 Å². The number of benzene rings is 2. The van der Waals surface area contributed by atoms with Crippen molar-refractivity contribution in [3.05, 3.63) is 65.2 Å². The SMILES string of the molecule is NC(N)=NC(=O)OS(=O)(=O)Cc1cc2ccccc2nc1-c1ccc(Cl)cc1. The van der Waals surface area contributed by atoms with Gasteiger partial charge in [-0.25, -0.2) is 9.78 Å². The van der Waals surface area contributed by atoms with Crippen molar-refractivity contribution in [2.75, 3.05) is 0 Å². The molecule has 2 aromatic carbocycles. The molecule has 8 nitrogen and oxygen atoms in total. The first-order valence-electron chi connectivity index (χ1n) is 7.94. The minimum absolute atomic E-state index is 0.346. The van der Waals surface area contributed by atoms with Crippen LogP contribution < -0.4 is 11.5 Å². The van der Waals surface area contributed by atoms with Gasteiger partial charge in [0.2, 0.25) is 0 Å². The number of aromatic nitrogens is 1. The molecule has 0 aliphatic heterocycles. The highest BCUT2D eigenvalue weighted by Crippen LogP contribution is 2.28. The van der Waals surface area contributed by atoms with Gasteiger partial charge in [-0.15, -0.1) is 4.99 Å². The van der Waals surface area contributed by atoms with Crippen molar-refractivity contribution < 1.29 is 17.4 Å². The van der Waals surface area contributed by atoms with Crippen LogP contribution in [0.4, 0.5) is 4.79 Å². The zero-order valence-corrected chi connectivity index (χ0v) is 15.9. The number of pyridine rings is 1. The van der Waals surface area contributed by atoms with E-state index in [-0.39, 0.29) is 0 Å². The third-order valence-electron chi connectivity index (χ3n) is 3.67. The summed E-state index contributed by atoms with van der Waals surface area (Å²) in [5, 5.41) is 1.27. The Hall–Kier alpha value is -3.17. The number of guanidine groups is 1.